The third-order valence-electron chi connectivity index (χ3n) is 7.36. The van der Waals surface area contributed by atoms with Crippen LogP contribution in [0.25, 0.3) is 11.1 Å². The van der Waals surface area contributed by atoms with Crippen LogP contribution >= 0.6 is 0 Å². The van der Waals surface area contributed by atoms with E-state index in [1.165, 1.54) is 57.4 Å². The van der Waals surface area contributed by atoms with Crippen LogP contribution in [0.5, 0.6) is 0 Å². The van der Waals surface area contributed by atoms with Crippen LogP contribution in [-0.2, 0) is 16.8 Å². The molecular weight excluding hydrogens is 413 g/mol. The van der Waals surface area contributed by atoms with Gasteiger partial charge in [-0.25, -0.2) is 4.39 Å². The number of aryl methyl sites for hydroxylation is 1. The number of amides is 1. The highest BCUT2D eigenvalue weighted by atomic mass is 19.1. The summed E-state index contributed by atoms with van der Waals surface area (Å²) in [7, 11) is 1.72. The van der Waals surface area contributed by atoms with E-state index < -0.39 is 0 Å². The van der Waals surface area contributed by atoms with E-state index in [4.69, 9.17) is 0 Å². The summed E-state index contributed by atoms with van der Waals surface area (Å²) in [5, 5.41) is 3.77. The summed E-state index contributed by atoms with van der Waals surface area (Å²) >= 11 is 0. The summed E-state index contributed by atoms with van der Waals surface area (Å²) < 4.78 is 15.0. The van der Waals surface area contributed by atoms with E-state index in [-0.39, 0.29) is 17.3 Å². The number of pyridine rings is 1. The van der Waals surface area contributed by atoms with Crippen molar-refractivity contribution in [1.29, 1.82) is 0 Å². The van der Waals surface area contributed by atoms with Gasteiger partial charge in [-0.1, -0.05) is 51.9 Å². The molecule has 0 radical (unpaired) electrons. The highest BCUT2D eigenvalue weighted by Gasteiger charge is 2.44. The summed E-state index contributed by atoms with van der Waals surface area (Å²) in [5.74, 6) is -0.262. The Balaban J connectivity index is 1.37. The largest absolute Gasteiger partial charge is 0.315 e. The van der Waals surface area contributed by atoms with Crippen LogP contribution in [0.3, 0.4) is 0 Å². The van der Waals surface area contributed by atoms with Gasteiger partial charge in [-0.3, -0.25) is 9.78 Å². The van der Waals surface area contributed by atoms with Crippen LogP contribution in [0.4, 0.5) is 10.1 Å². The molecule has 1 aliphatic carbocycles. The van der Waals surface area contributed by atoms with E-state index in [0.29, 0.717) is 24.1 Å². The fraction of sp³-hybridized carbons (Fsp3) is 0.571. The van der Waals surface area contributed by atoms with Gasteiger partial charge in [0.2, 0.25) is 5.91 Å². The molecule has 178 valence electrons. The highest BCUT2D eigenvalue weighted by molar-refractivity contribution is 5.96. The van der Waals surface area contributed by atoms with Crippen molar-refractivity contribution in [3.8, 4) is 11.1 Å². The van der Waals surface area contributed by atoms with Crippen LogP contribution in [0.2, 0.25) is 0 Å². The van der Waals surface area contributed by atoms with Crippen LogP contribution in [0.1, 0.15) is 88.7 Å². The van der Waals surface area contributed by atoms with Gasteiger partial charge >= 0.3 is 0 Å². The lowest BCUT2D eigenvalue weighted by molar-refractivity contribution is -0.118. The van der Waals surface area contributed by atoms with Crippen molar-refractivity contribution < 1.29 is 9.18 Å². The number of carbonyl (C=O) groups is 1. The number of fused-ring (bicyclic) bond motifs is 1. The molecule has 1 aromatic heterocycles. The monoisotopic (exact) mass is 451 g/mol. The SMILES string of the molecule is CCCCCCCCCCNC1(c2cncc(-c3cc4c(cc3F)N(C)C(=O)CC4)c2)CC1. The summed E-state index contributed by atoms with van der Waals surface area (Å²) in [4.78, 5) is 18.0. The Kier molecular flexibility index (Phi) is 7.79. The Morgan fingerprint density at radius 1 is 1.00 bits per heavy atom. The zero-order chi connectivity index (χ0) is 23.3. The average molecular weight is 452 g/mol. The molecule has 0 bridgehead atoms. The number of hydrogen-bond donors (Lipinski definition) is 1. The molecule has 1 amide bonds. The lowest BCUT2D eigenvalue weighted by atomic mass is 9.95. The lowest BCUT2D eigenvalue weighted by Gasteiger charge is -2.26. The molecule has 0 spiro atoms. The number of nitrogens with zero attached hydrogens (tertiary/aromatic N) is 2. The molecule has 0 unspecified atom stereocenters. The summed E-state index contributed by atoms with van der Waals surface area (Å²) in [5.41, 5.74) is 4.25. The number of nitrogens with one attached hydrogen (secondary N) is 1. The van der Waals surface area contributed by atoms with Gasteiger partial charge in [0.15, 0.2) is 0 Å². The Hall–Kier alpha value is -2.27. The standard InChI is InChI=1S/C28H38FN3O/c1-3-4-5-6-7-8-9-10-15-31-28(13-14-28)23-16-22(19-30-20-23)24-17-21-11-12-27(33)32(2)26(21)18-25(24)29/h16-20,31H,3-15H2,1-2H3. The molecule has 5 heteroatoms. The maximum Gasteiger partial charge on any atom is 0.227 e. The minimum absolute atomic E-state index is 0.00145. The molecule has 1 saturated carbocycles. The Morgan fingerprint density at radius 2 is 1.73 bits per heavy atom. The fourth-order valence-corrected chi connectivity index (χ4v) is 5.01. The molecule has 1 aromatic carbocycles. The third-order valence-corrected chi connectivity index (χ3v) is 7.36. The molecule has 1 fully saturated rings. The van der Waals surface area contributed by atoms with E-state index in [1.807, 2.05) is 12.3 Å². The zero-order valence-electron chi connectivity index (χ0n) is 20.3. The molecule has 0 atom stereocenters. The highest BCUT2D eigenvalue weighted by Crippen LogP contribution is 2.46. The molecule has 4 rings (SSSR count). The number of aromatic nitrogens is 1. The van der Waals surface area contributed by atoms with Crippen molar-refractivity contribution >= 4 is 11.6 Å². The number of rotatable bonds is 12. The number of benzene rings is 1. The third kappa shape index (κ3) is 5.63. The van der Waals surface area contributed by atoms with Crippen LogP contribution < -0.4 is 10.2 Å². The van der Waals surface area contributed by atoms with Crippen molar-refractivity contribution in [2.75, 3.05) is 18.5 Å². The number of carbonyl (C=O) groups excluding carboxylic acids is 1. The van der Waals surface area contributed by atoms with Crippen LogP contribution in [0, 0.1) is 5.82 Å². The van der Waals surface area contributed by atoms with E-state index in [9.17, 15) is 4.79 Å². The molecule has 0 saturated heterocycles. The maximum atomic E-state index is 15.0. The number of anilines is 1. The van der Waals surface area contributed by atoms with E-state index in [1.54, 1.807) is 18.1 Å². The van der Waals surface area contributed by atoms with E-state index in [2.05, 4.69) is 23.3 Å². The van der Waals surface area contributed by atoms with Gasteiger partial charge in [0.05, 0.1) is 0 Å². The first-order valence-electron chi connectivity index (χ1n) is 12.8. The van der Waals surface area contributed by atoms with Gasteiger partial charge in [0.25, 0.3) is 0 Å². The molecule has 2 heterocycles. The topological polar surface area (TPSA) is 45.2 Å². The van der Waals surface area contributed by atoms with Gasteiger partial charge in [-0.05, 0) is 61.6 Å². The van der Waals surface area contributed by atoms with Crippen LogP contribution in [0.15, 0.2) is 30.6 Å². The van der Waals surface area contributed by atoms with Gasteiger partial charge < -0.3 is 10.2 Å². The molecule has 1 N–H and O–H groups in total. The second-order valence-corrected chi connectivity index (χ2v) is 9.86. The quantitative estimate of drug-likeness (QED) is 0.374. The second-order valence-electron chi connectivity index (χ2n) is 9.86. The van der Waals surface area contributed by atoms with E-state index >= 15 is 4.39 Å². The minimum atomic E-state index is -0.300. The Bertz CT molecular complexity index is 970. The Morgan fingerprint density at radius 3 is 2.45 bits per heavy atom. The van der Waals surface area contributed by atoms with Crippen molar-refractivity contribution in [3.05, 3.63) is 47.5 Å². The fourth-order valence-electron chi connectivity index (χ4n) is 5.01. The zero-order valence-corrected chi connectivity index (χ0v) is 20.3. The minimum Gasteiger partial charge on any atom is -0.315 e. The number of unbranched alkanes of at least 4 members (excludes halogenated alkanes) is 7. The van der Waals surface area contributed by atoms with Crippen molar-refractivity contribution in [1.82, 2.24) is 10.3 Å². The number of halogens is 1. The van der Waals surface area contributed by atoms with E-state index in [0.717, 1.165) is 36.1 Å². The van der Waals surface area contributed by atoms with Crippen molar-refractivity contribution in [2.45, 2.75) is 89.5 Å². The molecule has 33 heavy (non-hydrogen) atoms. The van der Waals surface area contributed by atoms with Crippen LogP contribution in [-0.4, -0.2) is 24.5 Å². The molecular formula is C28H38FN3O. The molecule has 4 nitrogen and oxygen atoms in total. The maximum absolute atomic E-state index is 15.0. The predicted octanol–water partition coefficient (Wildman–Crippen LogP) is 6.52. The first-order chi connectivity index (χ1) is 16.0. The summed E-state index contributed by atoms with van der Waals surface area (Å²) in [6.07, 6.45) is 17.6. The number of hydrogen-bond acceptors (Lipinski definition) is 3. The van der Waals surface area contributed by atoms with Gasteiger partial charge in [-0.15, -0.1) is 0 Å². The Labute approximate surface area is 198 Å². The normalized spacial score (nSPS) is 16.7. The van der Waals surface area contributed by atoms with Gasteiger partial charge in [0.1, 0.15) is 5.82 Å². The summed E-state index contributed by atoms with van der Waals surface area (Å²) in [6, 6.07) is 5.51. The molecule has 1 aliphatic heterocycles. The van der Waals surface area contributed by atoms with Crippen molar-refractivity contribution in [3.63, 3.8) is 0 Å². The first kappa shape index (κ1) is 23.9. The lowest BCUT2D eigenvalue weighted by Crippen LogP contribution is -2.31. The summed E-state index contributed by atoms with van der Waals surface area (Å²) in [6.45, 7) is 3.28. The van der Waals surface area contributed by atoms with Crippen molar-refractivity contribution in [2.24, 2.45) is 0 Å². The molecule has 2 aliphatic rings. The predicted molar refractivity (Wildman–Crippen MR) is 133 cm³/mol. The smallest absolute Gasteiger partial charge is 0.227 e. The van der Waals surface area contributed by atoms with Gasteiger partial charge in [-0.2, -0.15) is 0 Å². The second kappa shape index (κ2) is 10.8. The first-order valence-corrected chi connectivity index (χ1v) is 12.8. The average Bonchev–Trinajstić information content (AvgIpc) is 3.62. The molecule has 2 aromatic rings. The van der Waals surface area contributed by atoms with Gasteiger partial charge in [0, 0.05) is 48.2 Å².